The molecule has 0 aromatic heterocycles. The number of likely N-dealkylation sites (tertiary alicyclic amines) is 1. The van der Waals surface area contributed by atoms with E-state index in [0.717, 1.165) is 25.9 Å². The van der Waals surface area contributed by atoms with Crippen molar-refractivity contribution < 1.29 is 9.90 Å². The van der Waals surface area contributed by atoms with Crippen LogP contribution in [0.15, 0.2) is 48.5 Å². The molecule has 3 rings (SSSR count). The molecule has 1 heterocycles. The number of phenols is 1. The third-order valence-electron chi connectivity index (χ3n) is 4.95. The molecule has 0 saturated carbocycles. The summed E-state index contributed by atoms with van der Waals surface area (Å²) in [4.78, 5) is 14.9. The number of benzene rings is 2. The highest BCUT2D eigenvalue weighted by molar-refractivity contribution is 6.31. The Morgan fingerprint density at radius 1 is 1.20 bits per heavy atom. The molecule has 0 spiro atoms. The molecule has 2 aromatic carbocycles. The molecule has 1 saturated heterocycles. The first kappa shape index (κ1) is 17.8. The van der Waals surface area contributed by atoms with E-state index in [1.807, 2.05) is 6.07 Å². The molecule has 132 valence electrons. The monoisotopic (exact) mass is 358 g/mol. The largest absolute Gasteiger partial charge is 0.506 e. The number of nitrogens with zero attached hydrogens (tertiary/aromatic N) is 1. The molecule has 0 radical (unpaired) electrons. The summed E-state index contributed by atoms with van der Waals surface area (Å²) in [7, 11) is 0. The van der Waals surface area contributed by atoms with Crippen LogP contribution in [0.4, 0.5) is 5.69 Å². The molecule has 25 heavy (non-hydrogen) atoms. The predicted octanol–water partition coefficient (Wildman–Crippen LogP) is 4.46. The first-order chi connectivity index (χ1) is 12.0. The number of phenolic OH excluding ortho intramolecular Hbond substituents is 1. The van der Waals surface area contributed by atoms with Gasteiger partial charge >= 0.3 is 0 Å². The molecule has 0 aliphatic carbocycles. The van der Waals surface area contributed by atoms with Gasteiger partial charge in [0.05, 0.1) is 5.69 Å². The Hall–Kier alpha value is -2.04. The summed E-state index contributed by atoms with van der Waals surface area (Å²) in [6.45, 7) is 3.98. The summed E-state index contributed by atoms with van der Waals surface area (Å²) in [6.07, 6.45) is 1.62. The summed E-state index contributed by atoms with van der Waals surface area (Å²) in [5.74, 6) is -0.0601. The predicted molar refractivity (Wildman–Crippen MR) is 101 cm³/mol. The van der Waals surface area contributed by atoms with E-state index in [9.17, 15) is 9.90 Å². The molecule has 0 bridgehead atoms. The minimum Gasteiger partial charge on any atom is -0.506 e. The quantitative estimate of drug-likeness (QED) is 0.793. The van der Waals surface area contributed by atoms with Crippen molar-refractivity contribution in [3.8, 4) is 5.75 Å². The van der Waals surface area contributed by atoms with Crippen LogP contribution in [0.3, 0.4) is 0 Å². The smallest absolute Gasteiger partial charge is 0.227 e. The lowest BCUT2D eigenvalue weighted by Gasteiger charge is -2.35. The lowest BCUT2D eigenvalue weighted by Crippen LogP contribution is -2.39. The summed E-state index contributed by atoms with van der Waals surface area (Å²) < 4.78 is 0. The van der Waals surface area contributed by atoms with Crippen molar-refractivity contribution in [2.45, 2.75) is 25.8 Å². The fourth-order valence-corrected chi connectivity index (χ4v) is 3.51. The third-order valence-corrected chi connectivity index (χ3v) is 5.18. The van der Waals surface area contributed by atoms with Crippen LogP contribution in [0.1, 0.15) is 31.4 Å². The van der Waals surface area contributed by atoms with Crippen LogP contribution in [-0.2, 0) is 4.79 Å². The molecular formula is C20H23ClN2O2. The molecule has 1 amide bonds. The average molecular weight is 359 g/mol. The first-order valence-electron chi connectivity index (χ1n) is 8.63. The summed E-state index contributed by atoms with van der Waals surface area (Å²) in [6, 6.07) is 15.4. The van der Waals surface area contributed by atoms with E-state index >= 15 is 0 Å². The van der Waals surface area contributed by atoms with Gasteiger partial charge in [0.1, 0.15) is 5.75 Å². The van der Waals surface area contributed by atoms with Gasteiger partial charge in [0, 0.05) is 17.0 Å². The van der Waals surface area contributed by atoms with Gasteiger partial charge in [-0.1, -0.05) is 41.9 Å². The van der Waals surface area contributed by atoms with Crippen molar-refractivity contribution in [3.63, 3.8) is 0 Å². The summed E-state index contributed by atoms with van der Waals surface area (Å²) in [5.41, 5.74) is 1.67. The number of amides is 1. The van der Waals surface area contributed by atoms with E-state index in [2.05, 4.69) is 41.4 Å². The van der Waals surface area contributed by atoms with Crippen LogP contribution >= 0.6 is 11.6 Å². The van der Waals surface area contributed by atoms with Crippen LogP contribution < -0.4 is 5.32 Å². The molecule has 4 nitrogen and oxygen atoms in total. The van der Waals surface area contributed by atoms with Gasteiger partial charge < -0.3 is 10.4 Å². The Kier molecular flexibility index (Phi) is 5.61. The molecule has 1 atom stereocenters. The number of hydrogen-bond acceptors (Lipinski definition) is 3. The van der Waals surface area contributed by atoms with Gasteiger partial charge in [-0.25, -0.2) is 0 Å². The Bertz CT molecular complexity index is 728. The van der Waals surface area contributed by atoms with E-state index in [-0.39, 0.29) is 17.6 Å². The minimum atomic E-state index is -0.0513. The molecule has 1 aliphatic rings. The highest BCUT2D eigenvalue weighted by Gasteiger charge is 2.28. The van der Waals surface area contributed by atoms with Gasteiger partial charge in [-0.2, -0.15) is 0 Å². The number of piperidine rings is 1. The van der Waals surface area contributed by atoms with Crippen molar-refractivity contribution in [1.82, 2.24) is 4.90 Å². The maximum absolute atomic E-state index is 12.5. The average Bonchev–Trinajstić information content (AvgIpc) is 2.65. The zero-order valence-electron chi connectivity index (χ0n) is 14.3. The van der Waals surface area contributed by atoms with E-state index in [0.29, 0.717) is 16.8 Å². The van der Waals surface area contributed by atoms with E-state index < -0.39 is 0 Å². The highest BCUT2D eigenvalue weighted by Crippen LogP contribution is 2.30. The van der Waals surface area contributed by atoms with Crippen molar-refractivity contribution in [1.29, 1.82) is 0 Å². The first-order valence-corrected chi connectivity index (χ1v) is 9.01. The van der Waals surface area contributed by atoms with Gasteiger partial charge in [-0.05, 0) is 56.6 Å². The maximum Gasteiger partial charge on any atom is 0.227 e. The van der Waals surface area contributed by atoms with Crippen LogP contribution in [0.25, 0.3) is 0 Å². The minimum absolute atomic E-state index is 0.0351. The number of anilines is 1. The van der Waals surface area contributed by atoms with Crippen LogP contribution in [0, 0.1) is 5.92 Å². The van der Waals surface area contributed by atoms with E-state index in [1.54, 1.807) is 12.1 Å². The number of hydrogen-bond donors (Lipinski definition) is 2. The summed E-state index contributed by atoms with van der Waals surface area (Å²) >= 11 is 5.93. The molecular weight excluding hydrogens is 336 g/mol. The Balaban J connectivity index is 1.56. The van der Waals surface area contributed by atoms with Gasteiger partial charge in [0.25, 0.3) is 0 Å². The number of halogens is 1. The van der Waals surface area contributed by atoms with Gasteiger partial charge in [-0.15, -0.1) is 0 Å². The van der Waals surface area contributed by atoms with E-state index in [1.165, 1.54) is 11.6 Å². The second kappa shape index (κ2) is 7.89. The van der Waals surface area contributed by atoms with Crippen molar-refractivity contribution >= 4 is 23.2 Å². The lowest BCUT2D eigenvalue weighted by atomic mass is 9.93. The van der Waals surface area contributed by atoms with Crippen LogP contribution in [0.5, 0.6) is 5.75 Å². The summed E-state index contributed by atoms with van der Waals surface area (Å²) in [5, 5.41) is 13.1. The molecule has 5 heteroatoms. The number of nitrogens with one attached hydrogen (secondary N) is 1. The van der Waals surface area contributed by atoms with Gasteiger partial charge in [0.2, 0.25) is 5.91 Å². The van der Waals surface area contributed by atoms with Crippen molar-refractivity contribution in [2.24, 2.45) is 5.92 Å². The zero-order chi connectivity index (χ0) is 17.8. The molecule has 1 aliphatic heterocycles. The Morgan fingerprint density at radius 2 is 1.88 bits per heavy atom. The Labute approximate surface area is 153 Å². The van der Waals surface area contributed by atoms with Gasteiger partial charge in [-0.3, -0.25) is 9.69 Å². The number of carbonyl (C=O) groups is 1. The second-order valence-corrected chi connectivity index (χ2v) is 6.98. The Morgan fingerprint density at radius 3 is 2.56 bits per heavy atom. The zero-order valence-corrected chi connectivity index (χ0v) is 15.0. The molecule has 1 unspecified atom stereocenters. The fourth-order valence-electron chi connectivity index (χ4n) is 3.33. The molecule has 2 N–H and O–H groups in total. The van der Waals surface area contributed by atoms with Crippen molar-refractivity contribution in [2.75, 3.05) is 18.4 Å². The lowest BCUT2D eigenvalue weighted by molar-refractivity contribution is -0.121. The van der Waals surface area contributed by atoms with Crippen LogP contribution in [0.2, 0.25) is 5.02 Å². The van der Waals surface area contributed by atoms with Crippen molar-refractivity contribution in [3.05, 3.63) is 59.1 Å². The van der Waals surface area contributed by atoms with Crippen LogP contribution in [-0.4, -0.2) is 29.0 Å². The fraction of sp³-hybridized carbons (Fsp3) is 0.350. The topological polar surface area (TPSA) is 52.6 Å². The molecule has 1 fully saturated rings. The number of rotatable bonds is 4. The number of carbonyl (C=O) groups excluding carboxylic acids is 1. The molecule has 2 aromatic rings. The maximum atomic E-state index is 12.5. The standard InChI is InChI=1S/C20H23ClN2O2/c1-14(15-5-3-2-4-6-15)23-11-9-16(10-12-23)20(25)22-18-13-17(21)7-8-19(18)24/h2-8,13-14,16,24H,9-12H2,1H3,(H,22,25). The SMILES string of the molecule is CC(c1ccccc1)N1CCC(C(=O)Nc2cc(Cl)ccc2O)CC1. The highest BCUT2D eigenvalue weighted by atomic mass is 35.5. The van der Waals surface area contributed by atoms with Gasteiger partial charge in [0.15, 0.2) is 0 Å². The third kappa shape index (κ3) is 4.33. The van der Waals surface area contributed by atoms with E-state index in [4.69, 9.17) is 11.6 Å². The number of aromatic hydroxyl groups is 1. The second-order valence-electron chi connectivity index (χ2n) is 6.55. The normalized spacial score (nSPS) is 17.2.